The molecule has 0 aliphatic carbocycles. The fourth-order valence-electron chi connectivity index (χ4n) is 2.30. The van der Waals surface area contributed by atoms with Crippen molar-refractivity contribution in [3.63, 3.8) is 0 Å². The number of carbonyl (C=O) groups is 2. The summed E-state index contributed by atoms with van der Waals surface area (Å²) in [6.45, 7) is 5.20. The highest BCUT2D eigenvalue weighted by atomic mass is 32.2. The average molecular weight is 402 g/mol. The summed E-state index contributed by atoms with van der Waals surface area (Å²) >= 11 is 0. The maximum Gasteiger partial charge on any atom is 0.338 e. The minimum Gasteiger partial charge on any atom is -0.449 e. The lowest BCUT2D eigenvalue weighted by Crippen LogP contribution is -2.35. The smallest absolute Gasteiger partial charge is 0.338 e. The minimum absolute atomic E-state index is 0.0344. The van der Waals surface area contributed by atoms with E-state index in [1.54, 1.807) is 30.3 Å². The molecule has 1 atom stereocenters. The van der Waals surface area contributed by atoms with Gasteiger partial charge in [-0.15, -0.1) is 6.58 Å². The van der Waals surface area contributed by atoms with Gasteiger partial charge in [0.2, 0.25) is 0 Å². The van der Waals surface area contributed by atoms with E-state index in [1.807, 2.05) is 0 Å². The first-order valence-electron chi connectivity index (χ1n) is 8.51. The zero-order valence-electron chi connectivity index (χ0n) is 15.7. The third-order valence-corrected chi connectivity index (χ3v) is 5.74. The van der Waals surface area contributed by atoms with Crippen molar-refractivity contribution in [3.05, 3.63) is 72.8 Å². The van der Waals surface area contributed by atoms with Crippen LogP contribution in [-0.4, -0.2) is 40.0 Å². The summed E-state index contributed by atoms with van der Waals surface area (Å²) in [5.41, 5.74) is 0.662. The summed E-state index contributed by atoms with van der Waals surface area (Å²) in [6.07, 6.45) is 0.526. The molecule has 28 heavy (non-hydrogen) atoms. The Hall–Kier alpha value is -3.13. The lowest BCUT2D eigenvalue weighted by atomic mass is 10.2. The number of hydrogen-bond donors (Lipinski definition) is 1. The van der Waals surface area contributed by atoms with E-state index in [0.717, 1.165) is 4.31 Å². The molecule has 2 rings (SSSR count). The van der Waals surface area contributed by atoms with E-state index in [4.69, 9.17) is 4.74 Å². The summed E-state index contributed by atoms with van der Waals surface area (Å²) in [7, 11) is -2.32. The molecule has 2 aromatic carbocycles. The number of rotatable bonds is 8. The van der Waals surface area contributed by atoms with Crippen LogP contribution in [0.25, 0.3) is 0 Å². The first-order chi connectivity index (χ1) is 13.3. The second-order valence-corrected chi connectivity index (χ2v) is 7.88. The van der Waals surface area contributed by atoms with Crippen LogP contribution < -0.4 is 9.62 Å². The van der Waals surface area contributed by atoms with Crippen molar-refractivity contribution in [2.45, 2.75) is 17.9 Å². The number of anilines is 1. The van der Waals surface area contributed by atoms with Crippen molar-refractivity contribution < 1.29 is 22.7 Å². The van der Waals surface area contributed by atoms with Crippen LogP contribution in [0.4, 0.5) is 5.69 Å². The molecule has 7 nitrogen and oxygen atoms in total. The van der Waals surface area contributed by atoms with Crippen LogP contribution in [0.2, 0.25) is 0 Å². The fraction of sp³-hybridized carbons (Fsp3) is 0.200. The van der Waals surface area contributed by atoms with Crippen LogP contribution in [0.1, 0.15) is 17.3 Å². The Morgan fingerprint density at radius 3 is 2.32 bits per heavy atom. The zero-order valence-corrected chi connectivity index (χ0v) is 16.5. The molecule has 0 aliphatic rings. The summed E-state index contributed by atoms with van der Waals surface area (Å²) in [5.74, 6) is -1.17. The predicted octanol–water partition coefficient (Wildman–Crippen LogP) is 2.36. The van der Waals surface area contributed by atoms with Gasteiger partial charge in [-0.05, 0) is 43.3 Å². The molecule has 1 amide bonds. The molecule has 2 aromatic rings. The Balaban J connectivity index is 2.11. The summed E-state index contributed by atoms with van der Waals surface area (Å²) in [6, 6.07) is 14.0. The van der Waals surface area contributed by atoms with Gasteiger partial charge in [-0.25, -0.2) is 13.2 Å². The van der Waals surface area contributed by atoms with Crippen molar-refractivity contribution in [2.75, 3.05) is 17.9 Å². The van der Waals surface area contributed by atoms with Gasteiger partial charge in [0.1, 0.15) is 0 Å². The molecule has 0 radical (unpaired) electrons. The van der Waals surface area contributed by atoms with Gasteiger partial charge in [0.05, 0.1) is 16.1 Å². The molecule has 0 aliphatic heterocycles. The standard InChI is InChI=1S/C20H22N2O5S/c1-4-14-21-19(23)15(2)27-20(24)16-10-12-18(13-11-16)28(25,26)22(3)17-8-6-5-7-9-17/h4-13,15H,1,14H2,2-3H3,(H,21,23)/t15-/m1/s1. The Bertz CT molecular complexity index is 940. The van der Waals surface area contributed by atoms with E-state index in [0.29, 0.717) is 5.69 Å². The molecule has 0 heterocycles. The van der Waals surface area contributed by atoms with E-state index in [2.05, 4.69) is 11.9 Å². The van der Waals surface area contributed by atoms with Gasteiger partial charge in [-0.1, -0.05) is 24.3 Å². The van der Waals surface area contributed by atoms with Gasteiger partial charge in [-0.3, -0.25) is 9.10 Å². The van der Waals surface area contributed by atoms with E-state index in [9.17, 15) is 18.0 Å². The number of sulfonamides is 1. The number of ether oxygens (including phenoxy) is 1. The zero-order chi connectivity index (χ0) is 20.7. The Kier molecular flexibility index (Phi) is 6.94. The van der Waals surface area contributed by atoms with Gasteiger partial charge in [0.15, 0.2) is 6.10 Å². The van der Waals surface area contributed by atoms with E-state index in [1.165, 1.54) is 44.3 Å². The van der Waals surface area contributed by atoms with Gasteiger partial charge in [-0.2, -0.15) is 0 Å². The maximum atomic E-state index is 12.7. The predicted molar refractivity (Wildman–Crippen MR) is 107 cm³/mol. The number of esters is 1. The first kappa shape index (κ1) is 21.2. The van der Waals surface area contributed by atoms with E-state index < -0.39 is 28.0 Å². The summed E-state index contributed by atoms with van der Waals surface area (Å²) in [4.78, 5) is 23.9. The number of carbonyl (C=O) groups excluding carboxylic acids is 2. The molecule has 0 bridgehead atoms. The Morgan fingerprint density at radius 2 is 1.75 bits per heavy atom. The molecular weight excluding hydrogens is 380 g/mol. The Morgan fingerprint density at radius 1 is 1.14 bits per heavy atom. The molecule has 148 valence electrons. The second kappa shape index (κ2) is 9.18. The van der Waals surface area contributed by atoms with Gasteiger partial charge < -0.3 is 10.1 Å². The second-order valence-electron chi connectivity index (χ2n) is 5.91. The third-order valence-electron chi connectivity index (χ3n) is 3.94. The maximum absolute atomic E-state index is 12.7. The SMILES string of the molecule is C=CCNC(=O)[C@@H](C)OC(=O)c1ccc(S(=O)(=O)N(C)c2ccccc2)cc1. The van der Waals surface area contributed by atoms with Gasteiger partial charge in [0, 0.05) is 13.6 Å². The molecule has 0 saturated carbocycles. The highest BCUT2D eigenvalue weighted by Gasteiger charge is 2.23. The average Bonchev–Trinajstić information content (AvgIpc) is 2.71. The van der Waals surface area contributed by atoms with Crippen molar-refractivity contribution in [1.82, 2.24) is 5.32 Å². The molecule has 0 spiro atoms. The molecule has 0 aromatic heterocycles. The molecular formula is C20H22N2O5S. The van der Waals surface area contributed by atoms with Crippen LogP contribution in [0.3, 0.4) is 0 Å². The van der Waals surface area contributed by atoms with Crippen LogP contribution in [0, 0.1) is 0 Å². The minimum atomic E-state index is -3.77. The number of benzene rings is 2. The van der Waals surface area contributed by atoms with Crippen LogP contribution in [0.15, 0.2) is 72.1 Å². The lowest BCUT2D eigenvalue weighted by molar-refractivity contribution is -0.128. The van der Waals surface area contributed by atoms with Crippen molar-refractivity contribution >= 4 is 27.6 Å². The molecule has 0 fully saturated rings. The van der Waals surface area contributed by atoms with Gasteiger partial charge in [0.25, 0.3) is 15.9 Å². The number of para-hydroxylation sites is 1. The molecule has 8 heteroatoms. The topological polar surface area (TPSA) is 92.8 Å². The van der Waals surface area contributed by atoms with Gasteiger partial charge >= 0.3 is 5.97 Å². The Labute approximate surface area is 164 Å². The van der Waals surface area contributed by atoms with Crippen LogP contribution in [0.5, 0.6) is 0 Å². The van der Waals surface area contributed by atoms with Crippen molar-refractivity contribution in [1.29, 1.82) is 0 Å². The third kappa shape index (κ3) is 4.98. The number of nitrogens with one attached hydrogen (secondary N) is 1. The summed E-state index contributed by atoms with van der Waals surface area (Å²) < 4.78 is 31.7. The van der Waals surface area contributed by atoms with Crippen LogP contribution >= 0.6 is 0 Å². The van der Waals surface area contributed by atoms with E-state index in [-0.39, 0.29) is 17.0 Å². The van der Waals surface area contributed by atoms with Crippen molar-refractivity contribution in [2.24, 2.45) is 0 Å². The number of hydrogen-bond acceptors (Lipinski definition) is 5. The van der Waals surface area contributed by atoms with E-state index >= 15 is 0 Å². The fourth-order valence-corrected chi connectivity index (χ4v) is 3.49. The molecule has 0 saturated heterocycles. The first-order valence-corrected chi connectivity index (χ1v) is 9.95. The molecule has 1 N–H and O–H groups in total. The molecule has 0 unspecified atom stereocenters. The number of amides is 1. The van der Waals surface area contributed by atoms with Crippen LogP contribution in [-0.2, 0) is 19.6 Å². The normalized spacial score (nSPS) is 11.9. The largest absolute Gasteiger partial charge is 0.449 e. The monoisotopic (exact) mass is 402 g/mol. The van der Waals surface area contributed by atoms with Crippen molar-refractivity contribution in [3.8, 4) is 0 Å². The lowest BCUT2D eigenvalue weighted by Gasteiger charge is -2.19. The highest BCUT2D eigenvalue weighted by molar-refractivity contribution is 7.92. The summed E-state index contributed by atoms with van der Waals surface area (Å²) in [5, 5.41) is 2.53. The quantitative estimate of drug-likeness (QED) is 0.540. The number of nitrogens with zero attached hydrogens (tertiary/aromatic N) is 1. The highest BCUT2D eigenvalue weighted by Crippen LogP contribution is 2.22.